The van der Waals surface area contributed by atoms with E-state index in [0.717, 1.165) is 12.3 Å². The molecule has 2 aromatic heterocycles. The molecule has 0 aromatic carbocycles. The second-order valence-electron chi connectivity index (χ2n) is 3.69. The highest BCUT2D eigenvalue weighted by molar-refractivity contribution is 5.35. The van der Waals surface area contributed by atoms with E-state index in [1.165, 1.54) is 18.3 Å². The van der Waals surface area contributed by atoms with E-state index in [9.17, 15) is 13.2 Å². The lowest BCUT2D eigenvalue weighted by atomic mass is 10.2. The molecule has 0 saturated carbocycles. The second kappa shape index (κ2) is 5.09. The average molecular weight is 269 g/mol. The monoisotopic (exact) mass is 269 g/mol. The van der Waals surface area contributed by atoms with Crippen LogP contribution in [0.3, 0.4) is 0 Å². The van der Waals surface area contributed by atoms with E-state index in [2.05, 4.69) is 20.3 Å². The predicted octanol–water partition coefficient (Wildman–Crippen LogP) is 2.08. The Labute approximate surface area is 106 Å². The van der Waals surface area contributed by atoms with Crippen LogP contribution in [0.5, 0.6) is 0 Å². The Kier molecular flexibility index (Phi) is 3.50. The third-order valence-electron chi connectivity index (χ3n) is 2.26. The average Bonchev–Trinajstić information content (AvgIpc) is 2.36. The Morgan fingerprint density at radius 1 is 1.16 bits per heavy atom. The Morgan fingerprint density at radius 3 is 2.53 bits per heavy atom. The van der Waals surface area contributed by atoms with Gasteiger partial charge in [0.05, 0.1) is 17.8 Å². The Balaban J connectivity index is 2.01. The van der Waals surface area contributed by atoms with Gasteiger partial charge in [0.1, 0.15) is 5.82 Å². The van der Waals surface area contributed by atoms with Crippen LogP contribution in [0.4, 0.5) is 24.9 Å². The number of halogens is 3. The van der Waals surface area contributed by atoms with Crippen molar-refractivity contribution in [2.45, 2.75) is 12.7 Å². The van der Waals surface area contributed by atoms with Crippen molar-refractivity contribution < 1.29 is 13.2 Å². The first kappa shape index (κ1) is 13.1. The fourth-order valence-corrected chi connectivity index (χ4v) is 1.32. The summed E-state index contributed by atoms with van der Waals surface area (Å²) in [5, 5.41) is 2.81. The molecular weight excluding hydrogens is 259 g/mol. The van der Waals surface area contributed by atoms with Crippen molar-refractivity contribution >= 4 is 11.8 Å². The minimum Gasteiger partial charge on any atom is -0.384 e. The summed E-state index contributed by atoms with van der Waals surface area (Å²) in [4.78, 5) is 11.5. The highest BCUT2D eigenvalue weighted by Crippen LogP contribution is 2.28. The lowest BCUT2D eigenvalue weighted by molar-refractivity contribution is -0.137. The third kappa shape index (κ3) is 3.54. The van der Waals surface area contributed by atoms with Gasteiger partial charge >= 0.3 is 6.18 Å². The van der Waals surface area contributed by atoms with Crippen LogP contribution in [0.1, 0.15) is 11.3 Å². The topological polar surface area (TPSA) is 76.7 Å². The van der Waals surface area contributed by atoms with Gasteiger partial charge in [-0.1, -0.05) is 0 Å². The van der Waals surface area contributed by atoms with Gasteiger partial charge in [-0.2, -0.15) is 18.2 Å². The van der Waals surface area contributed by atoms with Crippen molar-refractivity contribution in [1.82, 2.24) is 15.0 Å². The number of aromatic nitrogens is 3. The number of nitrogens with zero attached hydrogens (tertiary/aromatic N) is 3. The minimum atomic E-state index is -4.38. The van der Waals surface area contributed by atoms with Crippen LogP contribution in [0.15, 0.2) is 30.6 Å². The molecule has 2 heterocycles. The Morgan fingerprint density at radius 2 is 1.95 bits per heavy atom. The molecule has 2 rings (SSSR count). The maximum Gasteiger partial charge on any atom is 0.417 e. The first-order valence-electron chi connectivity index (χ1n) is 5.29. The standard InChI is InChI=1S/C11H10F3N5/c12-11(13,14)7-1-2-8(17-5-7)6-18-10-16-4-3-9(15)19-10/h1-5H,6H2,(H3,15,16,18,19). The molecule has 8 heteroatoms. The lowest BCUT2D eigenvalue weighted by Gasteiger charge is -2.07. The smallest absolute Gasteiger partial charge is 0.384 e. The summed E-state index contributed by atoms with van der Waals surface area (Å²) in [6.07, 6.45) is -2.11. The van der Waals surface area contributed by atoms with Gasteiger partial charge in [0, 0.05) is 12.4 Å². The van der Waals surface area contributed by atoms with Crippen molar-refractivity contribution in [3.05, 3.63) is 41.9 Å². The summed E-state index contributed by atoms with van der Waals surface area (Å²) >= 11 is 0. The van der Waals surface area contributed by atoms with Gasteiger partial charge in [-0.25, -0.2) is 4.98 Å². The van der Waals surface area contributed by atoms with Crippen molar-refractivity contribution in [3.8, 4) is 0 Å². The fourth-order valence-electron chi connectivity index (χ4n) is 1.32. The van der Waals surface area contributed by atoms with Gasteiger partial charge in [-0.05, 0) is 18.2 Å². The molecular formula is C11H10F3N5. The predicted molar refractivity (Wildman–Crippen MR) is 63.0 cm³/mol. The van der Waals surface area contributed by atoms with Gasteiger partial charge in [0.15, 0.2) is 0 Å². The summed E-state index contributed by atoms with van der Waals surface area (Å²) in [6.45, 7) is 0.210. The lowest BCUT2D eigenvalue weighted by Crippen LogP contribution is -2.09. The van der Waals surface area contributed by atoms with Gasteiger partial charge in [0.2, 0.25) is 5.95 Å². The molecule has 0 spiro atoms. The molecule has 0 aliphatic heterocycles. The molecule has 3 N–H and O–H groups in total. The van der Waals surface area contributed by atoms with Crippen LogP contribution < -0.4 is 11.1 Å². The number of rotatable bonds is 3. The van der Waals surface area contributed by atoms with E-state index in [0.29, 0.717) is 17.5 Å². The van der Waals surface area contributed by atoms with Crippen molar-refractivity contribution in [1.29, 1.82) is 0 Å². The third-order valence-corrected chi connectivity index (χ3v) is 2.26. The molecule has 0 fully saturated rings. The van der Waals surface area contributed by atoms with Gasteiger partial charge in [-0.3, -0.25) is 4.98 Å². The first-order valence-corrected chi connectivity index (χ1v) is 5.29. The molecule has 0 atom stereocenters. The number of nitrogens with two attached hydrogens (primary N) is 1. The van der Waals surface area contributed by atoms with E-state index in [1.54, 1.807) is 0 Å². The van der Waals surface area contributed by atoms with Crippen LogP contribution in [-0.4, -0.2) is 15.0 Å². The van der Waals surface area contributed by atoms with E-state index < -0.39 is 11.7 Å². The van der Waals surface area contributed by atoms with E-state index in [-0.39, 0.29) is 6.54 Å². The number of hydrogen-bond acceptors (Lipinski definition) is 5. The maximum absolute atomic E-state index is 12.3. The highest BCUT2D eigenvalue weighted by Gasteiger charge is 2.30. The largest absolute Gasteiger partial charge is 0.417 e. The molecule has 0 bridgehead atoms. The molecule has 0 aliphatic carbocycles. The molecule has 0 unspecified atom stereocenters. The maximum atomic E-state index is 12.3. The van der Waals surface area contributed by atoms with E-state index in [1.807, 2.05) is 0 Å². The quantitative estimate of drug-likeness (QED) is 0.892. The van der Waals surface area contributed by atoms with Crippen LogP contribution in [0, 0.1) is 0 Å². The molecule has 19 heavy (non-hydrogen) atoms. The van der Waals surface area contributed by atoms with Gasteiger partial charge < -0.3 is 11.1 Å². The fraction of sp³-hybridized carbons (Fsp3) is 0.182. The number of nitrogen functional groups attached to an aromatic ring is 1. The number of nitrogens with one attached hydrogen (secondary N) is 1. The van der Waals surface area contributed by atoms with Crippen molar-refractivity contribution in [3.63, 3.8) is 0 Å². The summed E-state index contributed by atoms with van der Waals surface area (Å²) in [7, 11) is 0. The van der Waals surface area contributed by atoms with Crippen molar-refractivity contribution in [2.75, 3.05) is 11.1 Å². The van der Waals surface area contributed by atoms with E-state index in [4.69, 9.17) is 5.73 Å². The molecule has 100 valence electrons. The summed E-state index contributed by atoms with van der Waals surface area (Å²) in [5.41, 5.74) is 5.13. The zero-order chi connectivity index (χ0) is 13.9. The molecule has 0 radical (unpaired) electrons. The summed E-state index contributed by atoms with van der Waals surface area (Å²) in [6, 6.07) is 3.80. The number of pyridine rings is 1. The van der Waals surface area contributed by atoms with E-state index >= 15 is 0 Å². The van der Waals surface area contributed by atoms with Crippen LogP contribution >= 0.6 is 0 Å². The van der Waals surface area contributed by atoms with Gasteiger partial charge in [-0.15, -0.1) is 0 Å². The van der Waals surface area contributed by atoms with Crippen LogP contribution in [0.2, 0.25) is 0 Å². The molecule has 0 amide bonds. The normalized spacial score (nSPS) is 11.3. The van der Waals surface area contributed by atoms with Crippen LogP contribution in [-0.2, 0) is 12.7 Å². The molecule has 0 saturated heterocycles. The van der Waals surface area contributed by atoms with Gasteiger partial charge in [0.25, 0.3) is 0 Å². The zero-order valence-electron chi connectivity index (χ0n) is 9.65. The summed E-state index contributed by atoms with van der Waals surface area (Å²) in [5.74, 6) is 0.597. The first-order chi connectivity index (χ1) is 8.95. The van der Waals surface area contributed by atoms with Crippen LogP contribution in [0.25, 0.3) is 0 Å². The molecule has 5 nitrogen and oxygen atoms in total. The zero-order valence-corrected chi connectivity index (χ0v) is 9.65. The number of anilines is 2. The number of alkyl halides is 3. The number of hydrogen-bond donors (Lipinski definition) is 2. The Hall–Kier alpha value is -2.38. The minimum absolute atomic E-state index is 0.210. The highest BCUT2D eigenvalue weighted by atomic mass is 19.4. The molecule has 0 aliphatic rings. The molecule has 2 aromatic rings. The second-order valence-corrected chi connectivity index (χ2v) is 3.69. The SMILES string of the molecule is Nc1ccnc(NCc2ccc(C(F)(F)F)cn2)n1. The summed E-state index contributed by atoms with van der Waals surface area (Å²) < 4.78 is 37.0. The Bertz CT molecular complexity index is 553. The van der Waals surface area contributed by atoms with Crippen molar-refractivity contribution in [2.24, 2.45) is 0 Å².